The number of nitrogens with two attached hydrogens (primary N) is 1. The molecule has 0 saturated heterocycles. The van der Waals surface area contributed by atoms with Gasteiger partial charge in [-0.15, -0.1) is 0 Å². The van der Waals surface area contributed by atoms with Crippen LogP contribution in [0.2, 0.25) is 0 Å². The van der Waals surface area contributed by atoms with E-state index in [0.29, 0.717) is 30.5 Å². The van der Waals surface area contributed by atoms with Crippen LogP contribution in [0.5, 0.6) is 23.0 Å². The van der Waals surface area contributed by atoms with E-state index < -0.39 is 156 Å². The van der Waals surface area contributed by atoms with Crippen molar-refractivity contribution in [1.29, 1.82) is 0 Å². The minimum atomic E-state index is -1.36. The Morgan fingerprint density at radius 2 is 0.719 bits per heavy atom. The molecule has 0 radical (unpaired) electrons. The second kappa shape index (κ2) is 62.1. The number of fused-ring (bicyclic) bond motifs is 10. The summed E-state index contributed by atoms with van der Waals surface area (Å²) in [7, 11) is 5.61. The standard InChI is InChI=1S/C51H77N5O11.C48H70N4O11.C3H9NO/c1-7-8-9-10-11-12-13-14-15-16-17-18-19-20-46(63)55(5)41(32-57)51(67)53-35(4)42(59)25-26-47(64)56(6)48-37-22-24-44(61)39(30-37)38-28-36(21-23-43(38)60)29-40(50(66)52-31-34(3)58)54-49(65)33(2)27-45(48)62;1-6-7-8-9-10-11-12-13-14-15-16-17-18-19-43(58)51(4)38(30-53)47(61)49-32(3)39(54)24-25-44(59)52(5)45-34-21-23-41(56)36(29-34)35-27-33(20-22-40(35)55)28-37(48(62)63)50-46(60)31(2)26-42(45)57;1-3(5)2-4/h21-24,28,30,33-35,40-41,48,57-58,60-61H,7-20,25-27,29,31-32H2,1-6H3,(H,52,66)(H,53,67)(H,54,65);20-23,27,29,31-32,37-38,45,53,55-56H,6-19,24-26,28,30H2,1-5H3,(H,49,61)(H,50,60)(H,62,63);3,5H,2,4H2,1H3/t33-,34-,35-,40+,41-,48+;31-,32-,37+,38-,45+;3-/m111/s1. The number of aliphatic hydroxyl groups is 4. The molecule has 2 aliphatic rings. The summed E-state index contributed by atoms with van der Waals surface area (Å²) in [6, 6.07) is 7.45. The molecule has 0 unspecified atom stereocenters. The summed E-state index contributed by atoms with van der Waals surface area (Å²) in [5.41, 5.74) is 6.91. The molecular formula is C102H156N10O23. The summed E-state index contributed by atoms with van der Waals surface area (Å²) >= 11 is 0. The van der Waals surface area contributed by atoms with E-state index >= 15 is 0 Å². The van der Waals surface area contributed by atoms with Crippen molar-refractivity contribution in [2.45, 2.75) is 347 Å². The molecule has 33 nitrogen and oxygen atoms in total. The van der Waals surface area contributed by atoms with Gasteiger partial charge in [-0.25, -0.2) is 4.79 Å². The highest BCUT2D eigenvalue weighted by Gasteiger charge is 2.38. The molecule has 0 spiro atoms. The van der Waals surface area contributed by atoms with Gasteiger partial charge in [0.15, 0.2) is 23.1 Å². The number of rotatable bonds is 51. The number of phenolic OH excluding ortho intramolecular Hbond substituents is 4. The quantitative estimate of drug-likeness (QED) is 0.0183. The van der Waals surface area contributed by atoms with Gasteiger partial charge in [0, 0.05) is 140 Å². The second-order valence-corrected chi connectivity index (χ2v) is 36.5. The summed E-state index contributed by atoms with van der Waals surface area (Å²) < 4.78 is 0. The molecule has 16 N–H and O–H groups in total. The molecule has 0 saturated carbocycles. The van der Waals surface area contributed by atoms with Crippen LogP contribution in [0.4, 0.5) is 0 Å². The first-order chi connectivity index (χ1) is 64.2. The molecule has 9 amide bonds. The van der Waals surface area contributed by atoms with E-state index in [9.17, 15) is 108 Å². The van der Waals surface area contributed by atoms with Gasteiger partial charge in [0.2, 0.25) is 53.2 Å². The Morgan fingerprint density at radius 1 is 0.415 bits per heavy atom. The lowest BCUT2D eigenvalue weighted by Gasteiger charge is -2.30. The lowest BCUT2D eigenvalue weighted by Crippen LogP contribution is -2.53. The van der Waals surface area contributed by atoms with Crippen LogP contribution in [0.25, 0.3) is 22.3 Å². The highest BCUT2D eigenvalue weighted by molar-refractivity contribution is 5.99. The smallest absolute Gasteiger partial charge is 0.326 e. The number of Topliss-reactive ketones (excluding diaryl/α,β-unsaturated/α-hetero) is 4. The summed E-state index contributed by atoms with van der Waals surface area (Å²) in [5.74, 6) is -11.6. The van der Waals surface area contributed by atoms with Crippen LogP contribution in [0, 0.1) is 11.8 Å². The van der Waals surface area contributed by atoms with E-state index in [1.807, 2.05) is 0 Å². The minimum absolute atomic E-state index is 0.0228. The molecule has 752 valence electrons. The van der Waals surface area contributed by atoms with Gasteiger partial charge in [-0.3, -0.25) is 62.3 Å². The fourth-order valence-electron chi connectivity index (χ4n) is 16.2. The molecule has 33 heteroatoms. The minimum Gasteiger partial charge on any atom is -0.507 e. The SMILES string of the molecule is CCCCCCCCCCCCCCCC(=O)N(C)[C@H](CO)C(=O)N[C@H](C)C(=O)CCC(=O)N(C)[C@@H]1C(=O)C[C@@H](C)C(=O)N[C@H](C(=O)NC[C@@H](C)O)Cc2ccc(O)c(c2)-c2cc1ccc2O.CCCCCCCCCCCCCCCC(=O)N(C)[C@H](CO)C(=O)N[C@H](C)C(=O)CCC(=O)N(C)[C@@H]1C(=O)C[C@@H](C)C(=O)N[C@H](C(=O)O)Cc2ccc(O)c(c2)-c2cc1ccc2O.C[C@@H](O)CN. The lowest BCUT2D eigenvalue weighted by atomic mass is 9.89. The number of carbonyl (C=O) groups is 14. The number of phenols is 4. The van der Waals surface area contributed by atoms with E-state index in [-0.39, 0.29) is 139 Å². The molecular weight excluding hydrogens is 1730 g/mol. The predicted molar refractivity (Wildman–Crippen MR) is 515 cm³/mol. The van der Waals surface area contributed by atoms with Crippen LogP contribution in [0.3, 0.4) is 0 Å². The van der Waals surface area contributed by atoms with Crippen molar-refractivity contribution >= 4 is 82.3 Å². The van der Waals surface area contributed by atoms with E-state index in [2.05, 4.69) is 40.4 Å². The van der Waals surface area contributed by atoms with Crippen molar-refractivity contribution in [3.63, 3.8) is 0 Å². The zero-order valence-corrected chi connectivity index (χ0v) is 81.7. The van der Waals surface area contributed by atoms with Crippen molar-refractivity contribution in [1.82, 2.24) is 46.2 Å². The maximum absolute atomic E-state index is 14.2. The summed E-state index contributed by atoms with van der Waals surface area (Å²) in [5, 5.41) is 104. The molecule has 2 heterocycles. The number of likely N-dealkylation sites (N-methyl/N-ethyl adjacent to an activating group) is 4. The summed E-state index contributed by atoms with van der Waals surface area (Å²) in [6.45, 7) is 12.4. The molecule has 12 atom stereocenters. The summed E-state index contributed by atoms with van der Waals surface area (Å²) in [6.07, 6.45) is 27.3. The number of aliphatic hydroxyl groups excluding tert-OH is 4. The number of aliphatic carboxylic acids is 1. The predicted octanol–water partition coefficient (Wildman–Crippen LogP) is 11.0. The Balaban J connectivity index is 0.000000538. The number of ketones is 4. The molecule has 6 rings (SSSR count). The number of nitrogens with zero attached hydrogens (tertiary/aromatic N) is 4. The number of hydrogen-bond acceptors (Lipinski definition) is 23. The van der Waals surface area contributed by atoms with Gasteiger partial charge >= 0.3 is 5.97 Å². The molecule has 8 bridgehead atoms. The Kier molecular flexibility index (Phi) is 53.6. The van der Waals surface area contributed by atoms with Crippen LogP contribution in [0.1, 0.15) is 308 Å². The highest BCUT2D eigenvalue weighted by atomic mass is 16.4. The fourth-order valence-corrected chi connectivity index (χ4v) is 16.2. The number of carbonyl (C=O) groups excluding carboxylic acids is 13. The average Bonchev–Trinajstić information content (AvgIpc) is 0.788. The van der Waals surface area contributed by atoms with Crippen molar-refractivity contribution in [3.05, 3.63) is 95.1 Å². The van der Waals surface area contributed by atoms with E-state index in [1.165, 1.54) is 249 Å². The van der Waals surface area contributed by atoms with Crippen LogP contribution in [0.15, 0.2) is 72.8 Å². The van der Waals surface area contributed by atoms with Gasteiger partial charge in [0.25, 0.3) is 0 Å². The molecule has 0 aromatic heterocycles. The van der Waals surface area contributed by atoms with Gasteiger partial charge in [-0.2, -0.15) is 0 Å². The van der Waals surface area contributed by atoms with E-state index in [1.54, 1.807) is 19.1 Å². The van der Waals surface area contributed by atoms with Gasteiger partial charge in [0.05, 0.1) is 37.5 Å². The molecule has 2 aliphatic heterocycles. The van der Waals surface area contributed by atoms with E-state index in [0.717, 1.165) is 48.3 Å². The number of nitrogens with one attached hydrogen (secondary N) is 5. The first-order valence-electron chi connectivity index (χ1n) is 48.6. The van der Waals surface area contributed by atoms with Crippen LogP contribution >= 0.6 is 0 Å². The number of amides is 9. The first kappa shape index (κ1) is 117. The summed E-state index contributed by atoms with van der Waals surface area (Å²) in [4.78, 5) is 191. The van der Waals surface area contributed by atoms with Crippen molar-refractivity contribution in [2.24, 2.45) is 17.6 Å². The number of carboxylic acid groups (broad SMARTS) is 1. The number of unbranched alkanes of at least 4 members (excludes halogenated alkanes) is 24. The number of benzene rings is 4. The molecule has 0 fully saturated rings. The Morgan fingerprint density at radius 3 is 1.03 bits per heavy atom. The molecule has 4 aromatic carbocycles. The average molecular weight is 1890 g/mol. The first-order valence-corrected chi connectivity index (χ1v) is 48.6. The lowest BCUT2D eigenvalue weighted by molar-refractivity contribution is -0.143. The zero-order valence-electron chi connectivity index (χ0n) is 81.7. The van der Waals surface area contributed by atoms with Crippen molar-refractivity contribution in [2.75, 3.05) is 54.5 Å². The third-order valence-electron chi connectivity index (χ3n) is 25.0. The Bertz CT molecular complexity index is 4480. The van der Waals surface area contributed by atoms with Crippen molar-refractivity contribution in [3.8, 4) is 45.3 Å². The normalized spacial score (nSPS) is 17.4. The van der Waals surface area contributed by atoms with Gasteiger partial charge in [0.1, 0.15) is 59.2 Å². The van der Waals surface area contributed by atoms with E-state index in [4.69, 9.17) is 10.8 Å². The monoisotopic (exact) mass is 1890 g/mol. The van der Waals surface area contributed by atoms with Crippen LogP contribution in [-0.2, 0) is 80.0 Å². The molecule has 135 heavy (non-hydrogen) atoms. The number of hydrogen-bond donors (Lipinski definition) is 15. The second-order valence-electron chi connectivity index (χ2n) is 36.5. The molecule has 0 aliphatic carbocycles. The maximum atomic E-state index is 14.2. The van der Waals surface area contributed by atoms with Crippen LogP contribution < -0.4 is 32.3 Å². The largest absolute Gasteiger partial charge is 0.507 e. The third kappa shape index (κ3) is 40.2. The Hall–Kier alpha value is -10.7. The Labute approximate surface area is 797 Å². The van der Waals surface area contributed by atoms with Gasteiger partial charge < -0.3 is 97.9 Å². The topological polar surface area (TPSA) is 520 Å². The maximum Gasteiger partial charge on any atom is 0.326 e. The third-order valence-corrected chi connectivity index (χ3v) is 25.0. The number of carboxylic acids is 1. The fraction of sp³-hybridized carbons (Fsp3) is 0.627. The highest BCUT2D eigenvalue weighted by Crippen LogP contribution is 2.42. The van der Waals surface area contributed by atoms with Gasteiger partial charge in [-0.05, 0) is 111 Å². The molecule has 4 aromatic rings. The van der Waals surface area contributed by atoms with Gasteiger partial charge in [-0.1, -0.05) is 206 Å². The van der Waals surface area contributed by atoms with Crippen LogP contribution in [-0.4, -0.2) is 251 Å². The number of aromatic hydroxyl groups is 4. The zero-order chi connectivity index (χ0) is 101. The van der Waals surface area contributed by atoms with Crippen molar-refractivity contribution < 1.29 is 113 Å².